The van der Waals surface area contributed by atoms with Crippen molar-refractivity contribution in [2.24, 2.45) is 0 Å². The highest BCUT2D eigenvalue weighted by atomic mass is 79.9. The van der Waals surface area contributed by atoms with Crippen molar-refractivity contribution in [3.63, 3.8) is 0 Å². The van der Waals surface area contributed by atoms with Crippen LogP contribution in [0.3, 0.4) is 0 Å². The van der Waals surface area contributed by atoms with Gasteiger partial charge in [0.2, 0.25) is 0 Å². The molecule has 0 spiro atoms. The molecule has 0 amide bonds. The molecule has 18 heavy (non-hydrogen) atoms. The maximum Gasteiger partial charge on any atom is 0.152 e. The van der Waals surface area contributed by atoms with Gasteiger partial charge in [-0.05, 0) is 40.2 Å². The van der Waals surface area contributed by atoms with Crippen molar-refractivity contribution >= 4 is 33.1 Å². The molecule has 0 aliphatic heterocycles. The van der Waals surface area contributed by atoms with Gasteiger partial charge in [-0.25, -0.2) is 0 Å². The Balaban J connectivity index is 2.38. The fraction of sp³-hybridized carbons (Fsp3) is 0. The summed E-state index contributed by atoms with van der Waals surface area (Å²) in [4.78, 5) is 11.1. The lowest BCUT2D eigenvalue weighted by molar-refractivity contribution is 0.112. The highest BCUT2D eigenvalue weighted by Crippen LogP contribution is 2.28. The van der Waals surface area contributed by atoms with Crippen molar-refractivity contribution in [1.82, 2.24) is 4.57 Å². The van der Waals surface area contributed by atoms with Gasteiger partial charge >= 0.3 is 0 Å². The summed E-state index contributed by atoms with van der Waals surface area (Å²) in [6, 6.07) is 17.7. The summed E-state index contributed by atoms with van der Waals surface area (Å²) in [5.74, 6) is 0. The molecule has 3 aromatic rings. The Labute approximate surface area is 113 Å². The third kappa shape index (κ3) is 1.68. The first kappa shape index (κ1) is 11.2. The SMILES string of the molecule is O=Cc1ccccc1-n1c(Br)cc2ccccc21. The van der Waals surface area contributed by atoms with E-state index in [0.717, 1.165) is 27.5 Å². The number of fused-ring (bicyclic) bond motifs is 1. The van der Waals surface area contributed by atoms with Crippen LogP contribution < -0.4 is 0 Å². The van der Waals surface area contributed by atoms with Crippen LogP contribution in [0.4, 0.5) is 0 Å². The summed E-state index contributed by atoms with van der Waals surface area (Å²) >= 11 is 3.56. The van der Waals surface area contributed by atoms with Gasteiger partial charge in [0.25, 0.3) is 0 Å². The number of carbonyl (C=O) groups is 1. The number of nitrogens with zero attached hydrogens (tertiary/aromatic N) is 1. The lowest BCUT2D eigenvalue weighted by atomic mass is 10.2. The second kappa shape index (κ2) is 4.42. The van der Waals surface area contributed by atoms with Gasteiger partial charge in [0.05, 0.1) is 15.8 Å². The van der Waals surface area contributed by atoms with Crippen LogP contribution in [0.2, 0.25) is 0 Å². The Morgan fingerprint density at radius 1 is 1.00 bits per heavy atom. The third-order valence-corrected chi connectivity index (χ3v) is 3.55. The van der Waals surface area contributed by atoms with Crippen molar-refractivity contribution < 1.29 is 4.79 Å². The molecule has 0 aliphatic rings. The fourth-order valence-electron chi connectivity index (χ4n) is 2.16. The molecule has 88 valence electrons. The topological polar surface area (TPSA) is 22.0 Å². The first-order chi connectivity index (χ1) is 8.81. The van der Waals surface area contributed by atoms with Gasteiger partial charge in [-0.1, -0.05) is 30.3 Å². The van der Waals surface area contributed by atoms with E-state index in [2.05, 4.69) is 28.1 Å². The number of rotatable bonds is 2. The predicted molar refractivity (Wildman–Crippen MR) is 76.4 cm³/mol. The highest BCUT2D eigenvalue weighted by molar-refractivity contribution is 9.10. The Kier molecular flexibility index (Phi) is 2.76. The molecule has 3 rings (SSSR count). The van der Waals surface area contributed by atoms with Gasteiger partial charge < -0.3 is 4.57 Å². The zero-order valence-electron chi connectivity index (χ0n) is 9.51. The first-order valence-corrected chi connectivity index (χ1v) is 6.41. The van der Waals surface area contributed by atoms with Crippen LogP contribution in [0.25, 0.3) is 16.6 Å². The van der Waals surface area contributed by atoms with Crippen LogP contribution in [0, 0.1) is 0 Å². The standard InChI is InChI=1S/C15H10BrNO/c16-15-9-11-5-1-3-7-13(11)17(15)14-8-4-2-6-12(14)10-18/h1-10H. The van der Waals surface area contributed by atoms with E-state index in [9.17, 15) is 4.79 Å². The average molecular weight is 300 g/mol. The lowest BCUT2D eigenvalue weighted by Crippen LogP contribution is -1.98. The van der Waals surface area contributed by atoms with E-state index in [1.807, 2.05) is 47.0 Å². The molecule has 2 aromatic carbocycles. The molecule has 0 bridgehead atoms. The summed E-state index contributed by atoms with van der Waals surface area (Å²) in [6.45, 7) is 0. The van der Waals surface area contributed by atoms with Crippen LogP contribution in [-0.2, 0) is 0 Å². The van der Waals surface area contributed by atoms with E-state index in [1.54, 1.807) is 0 Å². The molecule has 0 N–H and O–H groups in total. The normalized spacial score (nSPS) is 10.7. The maximum absolute atomic E-state index is 11.1. The van der Waals surface area contributed by atoms with E-state index in [1.165, 1.54) is 0 Å². The third-order valence-electron chi connectivity index (χ3n) is 2.97. The molecule has 0 aliphatic carbocycles. The first-order valence-electron chi connectivity index (χ1n) is 5.62. The Hall–Kier alpha value is -1.87. The molecule has 1 aromatic heterocycles. The van der Waals surface area contributed by atoms with Crippen molar-refractivity contribution in [2.45, 2.75) is 0 Å². The summed E-state index contributed by atoms with van der Waals surface area (Å²) in [7, 11) is 0. The minimum atomic E-state index is 0.680. The summed E-state index contributed by atoms with van der Waals surface area (Å²) in [6.07, 6.45) is 0.885. The number of benzene rings is 2. The Morgan fingerprint density at radius 3 is 2.56 bits per heavy atom. The van der Waals surface area contributed by atoms with Crippen LogP contribution in [-0.4, -0.2) is 10.9 Å². The van der Waals surface area contributed by atoms with Gasteiger partial charge in [-0.3, -0.25) is 4.79 Å². The number of hydrogen-bond acceptors (Lipinski definition) is 1. The molecular weight excluding hydrogens is 290 g/mol. The molecule has 0 atom stereocenters. The second-order valence-corrected chi connectivity index (χ2v) is 4.85. The van der Waals surface area contributed by atoms with Crippen LogP contribution in [0.1, 0.15) is 10.4 Å². The van der Waals surface area contributed by atoms with Crippen LogP contribution in [0.15, 0.2) is 59.2 Å². The number of aromatic nitrogens is 1. The monoisotopic (exact) mass is 299 g/mol. The molecule has 0 saturated heterocycles. The minimum absolute atomic E-state index is 0.680. The number of hydrogen-bond donors (Lipinski definition) is 0. The maximum atomic E-state index is 11.1. The highest BCUT2D eigenvalue weighted by Gasteiger charge is 2.10. The minimum Gasteiger partial charge on any atom is -0.303 e. The lowest BCUT2D eigenvalue weighted by Gasteiger charge is -2.09. The molecule has 0 fully saturated rings. The molecule has 1 heterocycles. The van der Waals surface area contributed by atoms with E-state index in [-0.39, 0.29) is 0 Å². The second-order valence-electron chi connectivity index (χ2n) is 4.04. The van der Waals surface area contributed by atoms with Crippen molar-refractivity contribution in [3.8, 4) is 5.69 Å². The molecule has 0 radical (unpaired) electrons. The van der Waals surface area contributed by atoms with E-state index in [0.29, 0.717) is 5.56 Å². The van der Waals surface area contributed by atoms with Crippen molar-refractivity contribution in [2.75, 3.05) is 0 Å². The fourth-order valence-corrected chi connectivity index (χ4v) is 2.79. The van der Waals surface area contributed by atoms with Gasteiger partial charge in [0.15, 0.2) is 6.29 Å². The van der Waals surface area contributed by atoms with Gasteiger partial charge in [0, 0.05) is 10.9 Å². The molecule has 3 heteroatoms. The van der Waals surface area contributed by atoms with E-state index >= 15 is 0 Å². The number of carbonyl (C=O) groups excluding carboxylic acids is 1. The molecule has 0 saturated carbocycles. The Morgan fingerprint density at radius 2 is 1.72 bits per heavy atom. The zero-order chi connectivity index (χ0) is 12.5. The molecular formula is C15H10BrNO. The van der Waals surface area contributed by atoms with Crippen molar-refractivity contribution in [1.29, 1.82) is 0 Å². The van der Waals surface area contributed by atoms with Crippen LogP contribution in [0.5, 0.6) is 0 Å². The summed E-state index contributed by atoms with van der Waals surface area (Å²) in [5.41, 5.74) is 2.65. The number of para-hydroxylation sites is 2. The van der Waals surface area contributed by atoms with Crippen LogP contribution >= 0.6 is 15.9 Å². The predicted octanol–water partition coefficient (Wildman–Crippen LogP) is 4.21. The molecule has 2 nitrogen and oxygen atoms in total. The smallest absolute Gasteiger partial charge is 0.152 e. The number of aldehydes is 1. The van der Waals surface area contributed by atoms with Gasteiger partial charge in [0.1, 0.15) is 0 Å². The Bertz CT molecular complexity index is 730. The largest absolute Gasteiger partial charge is 0.303 e. The molecule has 0 unspecified atom stereocenters. The van der Waals surface area contributed by atoms with Gasteiger partial charge in [-0.15, -0.1) is 0 Å². The summed E-state index contributed by atoms with van der Waals surface area (Å²) < 4.78 is 2.98. The summed E-state index contributed by atoms with van der Waals surface area (Å²) in [5, 5.41) is 1.14. The quantitative estimate of drug-likeness (QED) is 0.650. The zero-order valence-corrected chi connectivity index (χ0v) is 11.1. The van der Waals surface area contributed by atoms with Crippen molar-refractivity contribution in [3.05, 3.63) is 64.8 Å². The number of halogens is 1. The van der Waals surface area contributed by atoms with E-state index < -0.39 is 0 Å². The average Bonchev–Trinajstić information content (AvgIpc) is 2.74. The van der Waals surface area contributed by atoms with E-state index in [4.69, 9.17) is 0 Å². The van der Waals surface area contributed by atoms with Gasteiger partial charge in [-0.2, -0.15) is 0 Å².